The summed E-state index contributed by atoms with van der Waals surface area (Å²) in [6.07, 6.45) is 0.517. The number of fused-ring (bicyclic) bond motifs is 2. The summed E-state index contributed by atoms with van der Waals surface area (Å²) >= 11 is 0. The number of benzene rings is 3. The predicted molar refractivity (Wildman–Crippen MR) is 134 cm³/mol. The third-order valence-corrected chi connectivity index (χ3v) is 7.01. The van der Waals surface area contributed by atoms with Gasteiger partial charge in [0.2, 0.25) is 0 Å². The number of rotatable bonds is 6. The van der Waals surface area contributed by atoms with Crippen molar-refractivity contribution in [2.24, 2.45) is 0 Å². The van der Waals surface area contributed by atoms with Crippen LogP contribution in [0.4, 0.5) is 0 Å². The molecule has 10 heteroatoms. The summed E-state index contributed by atoms with van der Waals surface area (Å²) in [6, 6.07) is 7.18. The van der Waals surface area contributed by atoms with Gasteiger partial charge in [-0.25, -0.2) is 28.8 Å². The topological polar surface area (TPSA) is 161 Å². The molecule has 10 nitrogen and oxygen atoms in total. The highest BCUT2D eigenvalue weighted by Gasteiger charge is 2.39. The van der Waals surface area contributed by atoms with E-state index in [1.807, 2.05) is 0 Å². The molecule has 0 amide bonds. The van der Waals surface area contributed by atoms with Crippen LogP contribution in [0.1, 0.15) is 92.7 Å². The summed E-state index contributed by atoms with van der Waals surface area (Å²) in [7, 11) is 0. The molecule has 3 aromatic rings. The molecule has 0 radical (unpaired) electrons. The van der Waals surface area contributed by atoms with Gasteiger partial charge in [-0.15, -0.1) is 0 Å². The zero-order valence-corrected chi connectivity index (χ0v) is 21.0. The first-order valence-corrected chi connectivity index (χ1v) is 12.0. The van der Waals surface area contributed by atoms with Gasteiger partial charge in [0, 0.05) is 11.1 Å². The minimum Gasteiger partial charge on any atom is -0.478 e. The SMILES string of the molecule is CCc1cc2c(c(-c3ccc(-c4c(C(=O)O)c(CC)cc5c4C(=O)OC5=O)c(C)c3)c1C(=O)O)C(=O)OC2=O. The standard InChI is InChI=1S/C29H20O10/c1-4-12-9-16-22(28(36)38-26(16)34)18(19(12)24(30)31)14-6-7-15(11(3)8-14)21-20(25(32)33)13(5-2)10-17-23(21)29(37)39-27(17)35/h6-10H,4-5H2,1-3H3,(H,30,31)(H,32,33). The molecule has 0 fully saturated rings. The molecule has 0 saturated heterocycles. The Bertz CT molecular complexity index is 1710. The summed E-state index contributed by atoms with van der Waals surface area (Å²) in [5, 5.41) is 20.1. The maximum Gasteiger partial charge on any atom is 0.347 e. The Hall–Kier alpha value is -5.12. The summed E-state index contributed by atoms with van der Waals surface area (Å²) < 4.78 is 9.55. The van der Waals surface area contributed by atoms with Gasteiger partial charge in [0.1, 0.15) is 0 Å². The van der Waals surface area contributed by atoms with Crippen molar-refractivity contribution in [3.63, 3.8) is 0 Å². The first kappa shape index (κ1) is 25.5. The molecule has 0 saturated carbocycles. The smallest absolute Gasteiger partial charge is 0.347 e. The van der Waals surface area contributed by atoms with Gasteiger partial charge < -0.3 is 19.7 Å². The third kappa shape index (κ3) is 3.71. The largest absolute Gasteiger partial charge is 0.478 e. The van der Waals surface area contributed by atoms with E-state index in [1.165, 1.54) is 30.3 Å². The third-order valence-electron chi connectivity index (χ3n) is 7.01. The summed E-state index contributed by atoms with van der Waals surface area (Å²) in [5.41, 5.74) is 0.918. The maximum atomic E-state index is 12.6. The van der Waals surface area contributed by atoms with Gasteiger partial charge in [0.25, 0.3) is 0 Å². The summed E-state index contributed by atoms with van der Waals surface area (Å²) in [4.78, 5) is 74.6. The van der Waals surface area contributed by atoms with Gasteiger partial charge in [0.15, 0.2) is 0 Å². The molecular weight excluding hydrogens is 508 g/mol. The number of carbonyl (C=O) groups is 6. The van der Waals surface area contributed by atoms with Crippen LogP contribution in [0.25, 0.3) is 22.3 Å². The molecule has 0 atom stereocenters. The number of carboxylic acid groups (broad SMARTS) is 2. The van der Waals surface area contributed by atoms with Gasteiger partial charge in [-0.05, 0) is 59.7 Å². The number of aromatic carboxylic acids is 2. The fourth-order valence-electron chi connectivity index (χ4n) is 5.31. The van der Waals surface area contributed by atoms with E-state index in [4.69, 9.17) is 9.47 Å². The molecule has 0 spiro atoms. The maximum absolute atomic E-state index is 12.6. The lowest BCUT2D eigenvalue weighted by molar-refractivity contribution is 0.0426. The second-order valence-corrected chi connectivity index (χ2v) is 9.12. The van der Waals surface area contributed by atoms with E-state index in [9.17, 15) is 39.0 Å². The number of carboxylic acids is 2. The number of ether oxygens (including phenoxy) is 2. The van der Waals surface area contributed by atoms with Crippen molar-refractivity contribution in [3.05, 3.63) is 80.4 Å². The molecule has 2 aliphatic heterocycles. The first-order chi connectivity index (χ1) is 18.5. The van der Waals surface area contributed by atoms with E-state index in [0.717, 1.165) is 0 Å². The van der Waals surface area contributed by atoms with Gasteiger partial charge in [-0.1, -0.05) is 32.0 Å². The second-order valence-electron chi connectivity index (χ2n) is 9.12. The van der Waals surface area contributed by atoms with Crippen molar-refractivity contribution < 1.29 is 48.5 Å². The van der Waals surface area contributed by atoms with Crippen molar-refractivity contribution in [1.29, 1.82) is 0 Å². The van der Waals surface area contributed by atoms with E-state index in [2.05, 4.69) is 0 Å². The van der Waals surface area contributed by atoms with Crippen molar-refractivity contribution in [3.8, 4) is 22.3 Å². The van der Waals surface area contributed by atoms with Crippen LogP contribution in [-0.4, -0.2) is 46.0 Å². The molecule has 0 aromatic heterocycles. The molecule has 39 heavy (non-hydrogen) atoms. The van der Waals surface area contributed by atoms with E-state index in [-0.39, 0.29) is 62.9 Å². The van der Waals surface area contributed by atoms with Crippen molar-refractivity contribution >= 4 is 35.8 Å². The normalized spacial score (nSPS) is 13.7. The Labute approximate surface area is 220 Å². The van der Waals surface area contributed by atoms with Gasteiger partial charge in [0.05, 0.1) is 33.4 Å². The fourth-order valence-corrected chi connectivity index (χ4v) is 5.31. The number of esters is 4. The monoisotopic (exact) mass is 528 g/mol. The fraction of sp³-hybridized carbons (Fsp3) is 0.172. The molecule has 0 aliphatic carbocycles. The lowest BCUT2D eigenvalue weighted by Gasteiger charge is -2.18. The number of carbonyl (C=O) groups excluding carboxylic acids is 4. The zero-order valence-electron chi connectivity index (χ0n) is 21.0. The van der Waals surface area contributed by atoms with Crippen molar-refractivity contribution in [2.75, 3.05) is 0 Å². The lowest BCUT2D eigenvalue weighted by atomic mass is 9.83. The highest BCUT2D eigenvalue weighted by Crippen LogP contribution is 2.42. The van der Waals surface area contributed by atoms with Gasteiger partial charge >= 0.3 is 35.8 Å². The number of cyclic esters (lactones) is 4. The Morgan fingerprint density at radius 2 is 1.10 bits per heavy atom. The highest BCUT2D eigenvalue weighted by atomic mass is 16.6. The Kier molecular flexibility index (Phi) is 5.90. The van der Waals surface area contributed by atoms with Crippen LogP contribution < -0.4 is 0 Å². The van der Waals surface area contributed by atoms with Crippen LogP contribution in [0.2, 0.25) is 0 Å². The quantitative estimate of drug-likeness (QED) is 0.345. The first-order valence-electron chi connectivity index (χ1n) is 12.0. The van der Waals surface area contributed by atoms with E-state index >= 15 is 0 Å². The van der Waals surface area contributed by atoms with Crippen molar-refractivity contribution in [1.82, 2.24) is 0 Å². The minimum absolute atomic E-state index is 0.00272. The predicted octanol–water partition coefficient (Wildman–Crippen LogP) is 4.47. The van der Waals surface area contributed by atoms with Crippen LogP contribution >= 0.6 is 0 Å². The lowest BCUT2D eigenvalue weighted by Crippen LogP contribution is -2.11. The molecule has 2 N–H and O–H groups in total. The van der Waals surface area contributed by atoms with Gasteiger partial charge in [-0.3, -0.25) is 0 Å². The molecule has 196 valence electrons. The Morgan fingerprint density at radius 3 is 1.54 bits per heavy atom. The summed E-state index contributed by atoms with van der Waals surface area (Å²) in [5.74, 6) is -6.30. The summed E-state index contributed by atoms with van der Waals surface area (Å²) in [6.45, 7) is 5.04. The van der Waals surface area contributed by atoms with Crippen LogP contribution in [0.5, 0.6) is 0 Å². The average molecular weight is 528 g/mol. The Balaban J connectivity index is 1.83. The number of hydrogen-bond acceptors (Lipinski definition) is 8. The van der Waals surface area contributed by atoms with Crippen molar-refractivity contribution in [2.45, 2.75) is 33.6 Å². The van der Waals surface area contributed by atoms with Crippen LogP contribution in [0.3, 0.4) is 0 Å². The highest BCUT2D eigenvalue weighted by molar-refractivity contribution is 6.22. The van der Waals surface area contributed by atoms with E-state index in [1.54, 1.807) is 20.8 Å². The minimum atomic E-state index is -1.30. The molecule has 2 heterocycles. The van der Waals surface area contributed by atoms with Crippen LogP contribution in [0.15, 0.2) is 30.3 Å². The average Bonchev–Trinajstić information content (AvgIpc) is 3.34. The number of hydrogen-bond donors (Lipinski definition) is 2. The van der Waals surface area contributed by atoms with Gasteiger partial charge in [-0.2, -0.15) is 0 Å². The van der Waals surface area contributed by atoms with Crippen LogP contribution in [-0.2, 0) is 22.3 Å². The second kappa shape index (κ2) is 9.02. The molecule has 0 unspecified atom stereocenters. The Morgan fingerprint density at radius 1 is 0.641 bits per heavy atom. The molecule has 5 rings (SSSR count). The van der Waals surface area contributed by atoms with E-state index < -0.39 is 35.8 Å². The molecule has 0 bridgehead atoms. The van der Waals surface area contributed by atoms with Crippen LogP contribution in [0, 0.1) is 6.92 Å². The molecule has 2 aliphatic rings. The zero-order chi connectivity index (χ0) is 28.3. The van der Waals surface area contributed by atoms with E-state index in [0.29, 0.717) is 22.3 Å². The molecular formula is C29H20O10. The number of aryl methyl sites for hydroxylation is 3. The molecule has 3 aromatic carbocycles.